The number of rotatable bonds is 5. The Bertz CT molecular complexity index is 1030. The summed E-state index contributed by atoms with van der Waals surface area (Å²) in [5, 5.41) is 12.9. The molecule has 7 nitrogen and oxygen atoms in total. The fraction of sp³-hybridized carbons (Fsp3) is 0.0588. The van der Waals surface area contributed by atoms with E-state index >= 15 is 0 Å². The van der Waals surface area contributed by atoms with Crippen LogP contribution in [0, 0.1) is 0 Å². The lowest BCUT2D eigenvalue weighted by Crippen LogP contribution is -2.11. The lowest BCUT2D eigenvalue weighted by molar-refractivity contribution is 0.425. The first-order valence-corrected chi connectivity index (χ1v) is 9.46. The van der Waals surface area contributed by atoms with Gasteiger partial charge in [0.2, 0.25) is 5.16 Å². The van der Waals surface area contributed by atoms with E-state index in [2.05, 4.69) is 36.3 Å². The first-order chi connectivity index (χ1) is 12.7. The Balaban J connectivity index is 1.50. The predicted molar refractivity (Wildman–Crippen MR) is 103 cm³/mol. The fourth-order valence-electron chi connectivity index (χ4n) is 2.34. The number of halogens is 1. The van der Waals surface area contributed by atoms with E-state index < -0.39 is 0 Å². The van der Waals surface area contributed by atoms with Crippen LogP contribution >= 0.6 is 27.7 Å². The highest BCUT2D eigenvalue weighted by molar-refractivity contribution is 9.10. The highest BCUT2D eigenvalue weighted by Gasteiger charge is 2.16. The van der Waals surface area contributed by atoms with Gasteiger partial charge in [0.1, 0.15) is 0 Å². The first kappa shape index (κ1) is 16.8. The van der Waals surface area contributed by atoms with Crippen molar-refractivity contribution in [2.75, 3.05) is 5.84 Å². The zero-order valence-electron chi connectivity index (χ0n) is 13.4. The zero-order chi connectivity index (χ0) is 17.9. The lowest BCUT2D eigenvalue weighted by atomic mass is 10.2. The maximum absolute atomic E-state index is 6.15. The van der Waals surface area contributed by atoms with E-state index in [1.165, 1.54) is 16.4 Å². The molecule has 0 aliphatic heterocycles. The molecular formula is C17H13BrN6OS. The van der Waals surface area contributed by atoms with Crippen molar-refractivity contribution in [3.63, 3.8) is 0 Å². The topological polar surface area (TPSA) is 95.7 Å². The average Bonchev–Trinajstić information content (AvgIpc) is 3.28. The minimum atomic E-state index is 0.474. The van der Waals surface area contributed by atoms with Gasteiger partial charge in [0.15, 0.2) is 11.6 Å². The summed E-state index contributed by atoms with van der Waals surface area (Å²) in [4.78, 5) is 4.40. The Labute approximate surface area is 161 Å². The summed E-state index contributed by atoms with van der Waals surface area (Å²) >= 11 is 4.90. The summed E-state index contributed by atoms with van der Waals surface area (Å²) in [5.74, 6) is 8.26. The summed E-state index contributed by atoms with van der Waals surface area (Å²) in [6.45, 7) is 0. The van der Waals surface area contributed by atoms with Gasteiger partial charge in [0.25, 0.3) is 5.89 Å². The van der Waals surface area contributed by atoms with Crippen LogP contribution in [0.1, 0.15) is 5.82 Å². The molecule has 2 aromatic heterocycles. The van der Waals surface area contributed by atoms with E-state index in [0.717, 1.165) is 15.6 Å². The molecule has 0 saturated carbocycles. The van der Waals surface area contributed by atoms with Crippen LogP contribution in [0.25, 0.3) is 22.8 Å². The average molecular weight is 429 g/mol. The monoisotopic (exact) mass is 428 g/mol. The van der Waals surface area contributed by atoms with Gasteiger partial charge >= 0.3 is 0 Å². The second-order valence-electron chi connectivity index (χ2n) is 5.33. The number of nitrogens with two attached hydrogens (primary N) is 1. The van der Waals surface area contributed by atoms with Gasteiger partial charge in [-0.25, -0.2) is 4.68 Å². The van der Waals surface area contributed by atoms with E-state index in [9.17, 15) is 0 Å². The molecule has 26 heavy (non-hydrogen) atoms. The smallest absolute Gasteiger partial charge is 0.257 e. The van der Waals surface area contributed by atoms with Crippen molar-refractivity contribution < 1.29 is 4.52 Å². The van der Waals surface area contributed by atoms with Crippen LogP contribution in [0.2, 0.25) is 0 Å². The highest BCUT2D eigenvalue weighted by Crippen LogP contribution is 2.29. The number of nitrogen functional groups attached to an aromatic ring is 1. The molecule has 0 fully saturated rings. The summed E-state index contributed by atoms with van der Waals surface area (Å²) in [5.41, 5.74) is 1.76. The minimum Gasteiger partial charge on any atom is -0.335 e. The Morgan fingerprint density at radius 1 is 1.04 bits per heavy atom. The molecule has 0 saturated heterocycles. The summed E-state index contributed by atoms with van der Waals surface area (Å²) < 4.78 is 7.67. The van der Waals surface area contributed by atoms with Crippen LogP contribution in [0.4, 0.5) is 0 Å². The standard InChI is InChI=1S/C17H13BrN6OS/c18-13-9-5-4-8-12(13)15-21-22-17(24(15)19)26-10-14-20-16(25-23-14)11-6-2-1-3-7-11/h1-9H,10,19H2. The highest BCUT2D eigenvalue weighted by atomic mass is 79.9. The molecule has 2 heterocycles. The maximum atomic E-state index is 6.15. The molecule has 0 radical (unpaired) electrons. The molecule has 9 heteroatoms. The number of nitrogens with zero attached hydrogens (tertiary/aromatic N) is 5. The Hall–Kier alpha value is -2.65. The van der Waals surface area contributed by atoms with E-state index in [-0.39, 0.29) is 0 Å². The third kappa shape index (κ3) is 3.35. The van der Waals surface area contributed by atoms with E-state index in [0.29, 0.717) is 28.4 Å². The summed E-state index contributed by atoms with van der Waals surface area (Å²) in [7, 11) is 0. The lowest BCUT2D eigenvalue weighted by Gasteiger charge is -2.04. The molecule has 4 rings (SSSR count). The molecule has 0 atom stereocenters. The van der Waals surface area contributed by atoms with Crippen LogP contribution in [0.3, 0.4) is 0 Å². The van der Waals surface area contributed by atoms with Crippen LogP contribution in [0.5, 0.6) is 0 Å². The number of hydrogen-bond acceptors (Lipinski definition) is 7. The van der Waals surface area contributed by atoms with Crippen molar-refractivity contribution in [3.05, 3.63) is 64.9 Å². The van der Waals surface area contributed by atoms with E-state index in [1.807, 2.05) is 54.6 Å². The number of thioether (sulfide) groups is 1. The molecule has 2 N–H and O–H groups in total. The second kappa shape index (κ2) is 7.30. The molecule has 0 unspecified atom stereocenters. The van der Waals surface area contributed by atoms with Gasteiger partial charge in [0, 0.05) is 15.6 Å². The second-order valence-corrected chi connectivity index (χ2v) is 7.12. The number of aromatic nitrogens is 5. The maximum Gasteiger partial charge on any atom is 0.257 e. The van der Waals surface area contributed by atoms with Gasteiger partial charge < -0.3 is 10.4 Å². The molecular weight excluding hydrogens is 416 g/mol. The van der Waals surface area contributed by atoms with Gasteiger partial charge in [-0.1, -0.05) is 63.2 Å². The largest absolute Gasteiger partial charge is 0.335 e. The van der Waals surface area contributed by atoms with E-state index in [1.54, 1.807) is 0 Å². The Morgan fingerprint density at radius 2 is 1.81 bits per heavy atom. The molecule has 0 spiro atoms. The quantitative estimate of drug-likeness (QED) is 0.381. The van der Waals surface area contributed by atoms with Gasteiger partial charge in [-0.15, -0.1) is 10.2 Å². The predicted octanol–water partition coefficient (Wildman–Crippen LogP) is 3.76. The van der Waals surface area contributed by atoms with Crippen LogP contribution in [0.15, 0.2) is 68.7 Å². The molecule has 2 aromatic carbocycles. The first-order valence-electron chi connectivity index (χ1n) is 7.68. The van der Waals surface area contributed by atoms with Gasteiger partial charge in [-0.3, -0.25) is 0 Å². The van der Waals surface area contributed by atoms with Gasteiger partial charge in [0.05, 0.1) is 5.75 Å². The zero-order valence-corrected chi connectivity index (χ0v) is 15.8. The fourth-order valence-corrected chi connectivity index (χ4v) is 3.50. The number of hydrogen-bond donors (Lipinski definition) is 1. The molecule has 0 aliphatic carbocycles. The molecule has 0 bridgehead atoms. The van der Waals surface area contributed by atoms with Crippen molar-refractivity contribution in [1.82, 2.24) is 25.0 Å². The third-order valence-electron chi connectivity index (χ3n) is 3.60. The van der Waals surface area contributed by atoms with Crippen molar-refractivity contribution in [2.24, 2.45) is 0 Å². The Morgan fingerprint density at radius 3 is 2.62 bits per heavy atom. The third-order valence-corrected chi connectivity index (χ3v) is 5.23. The van der Waals surface area contributed by atoms with Crippen molar-refractivity contribution in [1.29, 1.82) is 0 Å². The Kier molecular flexibility index (Phi) is 4.72. The van der Waals surface area contributed by atoms with Gasteiger partial charge in [-0.2, -0.15) is 4.98 Å². The molecule has 0 amide bonds. The van der Waals surface area contributed by atoms with Crippen LogP contribution < -0.4 is 5.84 Å². The summed E-state index contributed by atoms with van der Waals surface area (Å²) in [6.07, 6.45) is 0. The molecule has 4 aromatic rings. The van der Waals surface area contributed by atoms with Crippen molar-refractivity contribution in [3.8, 4) is 22.8 Å². The minimum absolute atomic E-state index is 0.474. The molecule has 0 aliphatic rings. The SMILES string of the molecule is Nn1c(SCc2noc(-c3ccccc3)n2)nnc1-c1ccccc1Br. The van der Waals surface area contributed by atoms with Crippen LogP contribution in [-0.2, 0) is 5.75 Å². The van der Waals surface area contributed by atoms with E-state index in [4.69, 9.17) is 10.4 Å². The van der Waals surface area contributed by atoms with Crippen molar-refractivity contribution in [2.45, 2.75) is 10.9 Å². The van der Waals surface area contributed by atoms with Crippen molar-refractivity contribution >= 4 is 27.7 Å². The normalized spacial score (nSPS) is 11.0. The van der Waals surface area contributed by atoms with Crippen LogP contribution in [-0.4, -0.2) is 25.0 Å². The summed E-state index contributed by atoms with van der Waals surface area (Å²) in [6, 6.07) is 17.3. The number of benzene rings is 2. The van der Waals surface area contributed by atoms with Gasteiger partial charge in [-0.05, 0) is 24.3 Å². The molecule has 130 valence electrons.